The smallest absolute Gasteiger partial charge is 0.315 e. The van der Waals surface area contributed by atoms with Crippen LogP contribution >= 0.6 is 11.3 Å². The summed E-state index contributed by atoms with van der Waals surface area (Å²) < 4.78 is 22.5. The molecule has 4 N–H and O–H groups in total. The predicted octanol–water partition coefficient (Wildman–Crippen LogP) is 2.22. The third-order valence-corrected chi connectivity index (χ3v) is 5.95. The van der Waals surface area contributed by atoms with Crippen LogP contribution in [0.2, 0.25) is 0 Å². The minimum absolute atomic E-state index is 0.0357. The van der Waals surface area contributed by atoms with Gasteiger partial charge < -0.3 is 10.6 Å². The number of hydrogen-bond donors (Lipinski definition) is 3. The molecule has 0 aliphatic heterocycles. The van der Waals surface area contributed by atoms with Crippen molar-refractivity contribution in [1.29, 1.82) is 0 Å². The van der Waals surface area contributed by atoms with E-state index in [1.165, 1.54) is 11.6 Å². The second-order valence-corrected chi connectivity index (χ2v) is 8.47. The van der Waals surface area contributed by atoms with E-state index in [4.69, 9.17) is 5.14 Å². The first-order valence-electron chi connectivity index (χ1n) is 7.54. The Hall–Kier alpha value is -1.90. The number of aryl methyl sites for hydroxylation is 1. The minimum atomic E-state index is -3.68. The molecule has 0 radical (unpaired) electrons. The highest BCUT2D eigenvalue weighted by Crippen LogP contribution is 2.19. The second-order valence-electron chi connectivity index (χ2n) is 5.52. The lowest BCUT2D eigenvalue weighted by atomic mass is 10.1. The van der Waals surface area contributed by atoms with Gasteiger partial charge >= 0.3 is 6.03 Å². The monoisotopic (exact) mass is 367 g/mol. The normalized spacial score (nSPS) is 12.6. The van der Waals surface area contributed by atoms with Gasteiger partial charge in [-0.3, -0.25) is 0 Å². The molecule has 1 heterocycles. The maximum Gasteiger partial charge on any atom is 0.315 e. The van der Waals surface area contributed by atoms with Crippen molar-refractivity contribution in [3.8, 4) is 0 Å². The minimum Gasteiger partial charge on any atom is -0.336 e. The molecule has 0 saturated heterocycles. The summed E-state index contributed by atoms with van der Waals surface area (Å²) >= 11 is 1.05. The van der Waals surface area contributed by atoms with E-state index in [0.717, 1.165) is 29.1 Å². The van der Waals surface area contributed by atoms with E-state index in [1.54, 1.807) is 6.07 Å². The van der Waals surface area contributed by atoms with Crippen LogP contribution < -0.4 is 15.8 Å². The molecule has 0 saturated carbocycles. The maximum absolute atomic E-state index is 11.9. The average Bonchev–Trinajstić information content (AvgIpc) is 3.01. The molecule has 1 aromatic heterocycles. The van der Waals surface area contributed by atoms with Crippen molar-refractivity contribution < 1.29 is 13.2 Å². The molecule has 24 heavy (non-hydrogen) atoms. The highest BCUT2D eigenvalue weighted by molar-refractivity contribution is 7.91. The van der Waals surface area contributed by atoms with Crippen LogP contribution in [0.5, 0.6) is 0 Å². The van der Waals surface area contributed by atoms with E-state index in [-0.39, 0.29) is 22.8 Å². The number of thiophene rings is 1. The standard InChI is InChI=1S/C16H21N3O3S2/c1-12(7-8-13-5-3-2-4-6-13)19-16(20)18-11-14-9-10-15(23-14)24(17,21)22/h2-6,9-10,12H,7-8,11H2,1H3,(H2,17,21,22)(H2,18,19,20)/t12-/m1/s1. The van der Waals surface area contributed by atoms with Crippen LogP contribution in [-0.4, -0.2) is 20.5 Å². The zero-order valence-corrected chi connectivity index (χ0v) is 15.0. The fourth-order valence-electron chi connectivity index (χ4n) is 2.15. The summed E-state index contributed by atoms with van der Waals surface area (Å²) in [4.78, 5) is 12.6. The molecule has 130 valence electrons. The summed E-state index contributed by atoms with van der Waals surface area (Å²) in [6.45, 7) is 2.21. The highest BCUT2D eigenvalue weighted by Gasteiger charge is 2.12. The highest BCUT2D eigenvalue weighted by atomic mass is 32.2. The van der Waals surface area contributed by atoms with Crippen LogP contribution in [-0.2, 0) is 23.0 Å². The van der Waals surface area contributed by atoms with Gasteiger partial charge in [-0.25, -0.2) is 18.4 Å². The third kappa shape index (κ3) is 5.95. The second kappa shape index (κ2) is 8.27. The van der Waals surface area contributed by atoms with Crippen molar-refractivity contribution in [2.75, 3.05) is 0 Å². The van der Waals surface area contributed by atoms with Gasteiger partial charge in [-0.05, 0) is 37.5 Å². The molecular weight excluding hydrogens is 346 g/mol. The van der Waals surface area contributed by atoms with Gasteiger partial charge in [-0.2, -0.15) is 0 Å². The Morgan fingerprint density at radius 2 is 1.92 bits per heavy atom. The average molecular weight is 367 g/mol. The van der Waals surface area contributed by atoms with E-state index < -0.39 is 10.0 Å². The van der Waals surface area contributed by atoms with Crippen LogP contribution in [0.25, 0.3) is 0 Å². The molecule has 2 aromatic rings. The number of amides is 2. The molecular formula is C16H21N3O3S2. The number of benzene rings is 1. The first-order valence-corrected chi connectivity index (χ1v) is 9.90. The SMILES string of the molecule is C[C@H](CCc1ccccc1)NC(=O)NCc1ccc(S(N)(=O)=O)s1. The van der Waals surface area contributed by atoms with Crippen LogP contribution in [0.4, 0.5) is 4.79 Å². The Morgan fingerprint density at radius 1 is 1.21 bits per heavy atom. The summed E-state index contributed by atoms with van der Waals surface area (Å²) in [5, 5.41) is 10.6. The molecule has 0 aliphatic carbocycles. The van der Waals surface area contributed by atoms with Gasteiger partial charge in [0, 0.05) is 10.9 Å². The number of sulfonamides is 1. The van der Waals surface area contributed by atoms with Crippen LogP contribution in [0.15, 0.2) is 46.7 Å². The summed E-state index contributed by atoms with van der Waals surface area (Å²) in [6, 6.07) is 12.9. The van der Waals surface area contributed by atoms with Crippen molar-refractivity contribution in [3.05, 3.63) is 52.9 Å². The fraction of sp³-hybridized carbons (Fsp3) is 0.312. The zero-order chi connectivity index (χ0) is 17.6. The Bertz CT molecular complexity index is 773. The number of hydrogen-bond acceptors (Lipinski definition) is 4. The van der Waals surface area contributed by atoms with Gasteiger partial charge in [0.1, 0.15) is 4.21 Å². The quantitative estimate of drug-likeness (QED) is 0.699. The molecule has 6 nitrogen and oxygen atoms in total. The van der Waals surface area contributed by atoms with Crippen molar-refractivity contribution in [1.82, 2.24) is 10.6 Å². The van der Waals surface area contributed by atoms with Gasteiger partial charge in [0.25, 0.3) is 0 Å². The molecule has 0 fully saturated rings. The van der Waals surface area contributed by atoms with Crippen molar-refractivity contribution in [3.63, 3.8) is 0 Å². The molecule has 2 amide bonds. The molecule has 1 atom stereocenters. The van der Waals surface area contributed by atoms with Crippen LogP contribution in [0.1, 0.15) is 23.8 Å². The van der Waals surface area contributed by atoms with Gasteiger partial charge in [0.05, 0.1) is 6.54 Å². The van der Waals surface area contributed by atoms with Gasteiger partial charge in [-0.1, -0.05) is 30.3 Å². The molecule has 0 spiro atoms. The van der Waals surface area contributed by atoms with E-state index in [0.29, 0.717) is 0 Å². The number of primary sulfonamides is 1. The van der Waals surface area contributed by atoms with Gasteiger partial charge in [0.15, 0.2) is 0 Å². The Balaban J connectivity index is 1.73. The van der Waals surface area contributed by atoms with Gasteiger partial charge in [0.2, 0.25) is 10.0 Å². The molecule has 2 rings (SSSR count). The molecule has 8 heteroatoms. The first-order chi connectivity index (χ1) is 11.3. The Kier molecular flexibility index (Phi) is 6.36. The van der Waals surface area contributed by atoms with E-state index >= 15 is 0 Å². The Morgan fingerprint density at radius 3 is 2.54 bits per heavy atom. The Labute approximate surface area is 146 Å². The number of nitrogens with two attached hydrogens (primary N) is 1. The summed E-state index contributed by atoms with van der Waals surface area (Å²) in [5.74, 6) is 0. The summed E-state index contributed by atoms with van der Waals surface area (Å²) in [7, 11) is -3.68. The number of carbonyl (C=O) groups excluding carboxylic acids is 1. The fourth-order valence-corrected chi connectivity index (χ4v) is 3.87. The van der Waals surface area contributed by atoms with Gasteiger partial charge in [-0.15, -0.1) is 11.3 Å². The lowest BCUT2D eigenvalue weighted by molar-refractivity contribution is 0.237. The largest absolute Gasteiger partial charge is 0.336 e. The molecule has 1 aromatic carbocycles. The van der Waals surface area contributed by atoms with Crippen LogP contribution in [0, 0.1) is 0 Å². The first kappa shape index (κ1) is 18.4. The predicted molar refractivity (Wildman–Crippen MR) is 95.3 cm³/mol. The number of nitrogens with one attached hydrogen (secondary N) is 2. The van der Waals surface area contributed by atoms with E-state index in [2.05, 4.69) is 22.8 Å². The number of carbonyl (C=O) groups is 1. The third-order valence-electron chi connectivity index (χ3n) is 3.43. The molecule has 0 aliphatic rings. The number of urea groups is 1. The van der Waals surface area contributed by atoms with E-state index in [1.807, 2.05) is 25.1 Å². The van der Waals surface area contributed by atoms with Crippen molar-refractivity contribution >= 4 is 27.4 Å². The summed E-state index contributed by atoms with van der Waals surface area (Å²) in [5.41, 5.74) is 1.24. The van der Waals surface area contributed by atoms with E-state index in [9.17, 15) is 13.2 Å². The number of rotatable bonds is 7. The molecule has 0 bridgehead atoms. The topological polar surface area (TPSA) is 101 Å². The lowest BCUT2D eigenvalue weighted by Crippen LogP contribution is -2.40. The lowest BCUT2D eigenvalue weighted by Gasteiger charge is -2.14. The summed E-state index contributed by atoms with van der Waals surface area (Å²) in [6.07, 6.45) is 1.73. The zero-order valence-electron chi connectivity index (χ0n) is 13.4. The van der Waals surface area contributed by atoms with Crippen molar-refractivity contribution in [2.24, 2.45) is 5.14 Å². The maximum atomic E-state index is 11.9. The van der Waals surface area contributed by atoms with Crippen LogP contribution in [0.3, 0.4) is 0 Å². The molecule has 0 unspecified atom stereocenters. The van der Waals surface area contributed by atoms with Crippen molar-refractivity contribution in [2.45, 2.75) is 36.6 Å².